The Morgan fingerprint density at radius 1 is 1.17 bits per heavy atom. The topological polar surface area (TPSA) is 83.1 Å². The van der Waals surface area contributed by atoms with E-state index in [-0.39, 0.29) is 6.54 Å². The fourth-order valence-corrected chi connectivity index (χ4v) is 2.37. The van der Waals surface area contributed by atoms with Crippen molar-refractivity contribution in [2.45, 2.75) is 32.8 Å². The van der Waals surface area contributed by atoms with Crippen molar-refractivity contribution in [3.05, 3.63) is 47.0 Å². The average Bonchev–Trinajstić information content (AvgIpc) is 2.73. The van der Waals surface area contributed by atoms with Crippen molar-refractivity contribution in [3.63, 3.8) is 0 Å². The lowest BCUT2D eigenvalue weighted by Crippen LogP contribution is -2.37. The van der Waals surface area contributed by atoms with Gasteiger partial charge in [-0.25, -0.2) is 0 Å². The third kappa shape index (κ3) is 9.50. The molecule has 0 heterocycles. The molecule has 0 aliphatic carbocycles. The van der Waals surface area contributed by atoms with Gasteiger partial charge in [-0.15, -0.1) is 0 Å². The second kappa shape index (κ2) is 14.5. The molecule has 157 valence electrons. The summed E-state index contributed by atoms with van der Waals surface area (Å²) in [7, 11) is 2.74. The van der Waals surface area contributed by atoms with Gasteiger partial charge in [-0.3, -0.25) is 9.59 Å². The zero-order chi connectivity index (χ0) is 21.5. The van der Waals surface area contributed by atoms with Gasteiger partial charge in [0.05, 0.1) is 0 Å². The van der Waals surface area contributed by atoms with Gasteiger partial charge >= 0.3 is 0 Å². The van der Waals surface area contributed by atoms with Crippen LogP contribution >= 0.6 is 0 Å². The van der Waals surface area contributed by atoms with Gasteiger partial charge in [-0.2, -0.15) is 0 Å². The van der Waals surface area contributed by atoms with Crippen LogP contribution in [-0.4, -0.2) is 58.8 Å². The summed E-state index contributed by atoms with van der Waals surface area (Å²) in [6.07, 6.45) is 2.32. The van der Waals surface area contributed by atoms with Crippen LogP contribution in [0.2, 0.25) is 0 Å². The lowest BCUT2D eigenvalue weighted by molar-refractivity contribution is -0.158. The van der Waals surface area contributed by atoms with E-state index in [9.17, 15) is 9.59 Å². The minimum atomic E-state index is -0.987. The van der Waals surface area contributed by atoms with Gasteiger partial charge in [-0.1, -0.05) is 24.1 Å². The summed E-state index contributed by atoms with van der Waals surface area (Å²) in [5.74, 6) is 5.55. The highest BCUT2D eigenvalue weighted by molar-refractivity contribution is 5.80. The maximum Gasteiger partial charge on any atom is 0.277 e. The lowest BCUT2D eigenvalue weighted by atomic mass is 10.0. The number of carbonyl (C=O) groups is 1. The van der Waals surface area contributed by atoms with E-state index in [0.717, 1.165) is 11.1 Å². The number of hydrogen-bond acceptors (Lipinski definition) is 6. The Bertz CT molecular complexity index is 724. The van der Waals surface area contributed by atoms with Crippen molar-refractivity contribution in [1.29, 1.82) is 0 Å². The van der Waals surface area contributed by atoms with Crippen LogP contribution < -0.4 is 5.32 Å². The monoisotopic (exact) mass is 402 g/mol. The Hall–Kier alpha value is -2.50. The molecule has 0 unspecified atom stereocenters. The average molecular weight is 402 g/mol. The summed E-state index contributed by atoms with van der Waals surface area (Å²) in [6.45, 7) is 4.94. The molecule has 0 aliphatic heterocycles. The standard InChI is InChI=1S/C22H28NO6/c1-5-28-20(29-6-2)11-10-17-8-7-9-18(14-17)15-19(16-24)12-13-23-21(25)22(26-3)27-4/h7-9,12,14,20,22H,5-6,13,15H2,1-4H3,(H,23,25)/b19-12+. The molecule has 1 aromatic rings. The van der Waals surface area contributed by atoms with Crippen molar-refractivity contribution in [2.75, 3.05) is 34.0 Å². The highest BCUT2D eigenvalue weighted by atomic mass is 16.7. The zero-order valence-electron chi connectivity index (χ0n) is 17.3. The molecule has 1 amide bonds. The summed E-state index contributed by atoms with van der Waals surface area (Å²) in [5.41, 5.74) is 2.10. The smallest absolute Gasteiger partial charge is 0.277 e. The molecule has 0 aromatic heterocycles. The Kier molecular flexibility index (Phi) is 12.3. The molecule has 0 fully saturated rings. The SMILES string of the molecule is CCOC(C#Cc1cccc(C/C([C]=O)=C\CNC(=O)C(OC)OC)c1)OCC. The molecule has 1 N–H and O–H groups in total. The number of methoxy groups -OCH3 is 2. The molecule has 0 bridgehead atoms. The molecular formula is C22H28NO6. The number of nitrogens with one attached hydrogen (secondary N) is 1. The van der Waals surface area contributed by atoms with Gasteiger partial charge in [0.15, 0.2) is 0 Å². The molecule has 29 heavy (non-hydrogen) atoms. The van der Waals surface area contributed by atoms with Gasteiger partial charge in [0.1, 0.15) is 0 Å². The number of hydrogen-bond donors (Lipinski definition) is 1. The normalized spacial score (nSPS) is 11.3. The lowest BCUT2D eigenvalue weighted by Gasteiger charge is -2.12. The number of carbonyl (C=O) groups excluding carboxylic acids is 2. The van der Waals surface area contributed by atoms with E-state index in [2.05, 4.69) is 17.2 Å². The number of allylic oxidation sites excluding steroid dienone is 1. The Morgan fingerprint density at radius 3 is 2.45 bits per heavy atom. The summed E-state index contributed by atoms with van der Waals surface area (Å²) < 4.78 is 20.5. The molecule has 0 atom stereocenters. The van der Waals surface area contributed by atoms with Gasteiger partial charge in [-0.05, 0) is 37.5 Å². The summed E-state index contributed by atoms with van der Waals surface area (Å²) in [4.78, 5) is 23.0. The van der Waals surface area contributed by atoms with Crippen LogP contribution in [0.5, 0.6) is 0 Å². The molecule has 0 spiro atoms. The second-order valence-corrected chi connectivity index (χ2v) is 5.77. The maximum absolute atomic E-state index is 11.8. The van der Waals surface area contributed by atoms with Gasteiger partial charge in [0, 0.05) is 51.5 Å². The van der Waals surface area contributed by atoms with Crippen molar-refractivity contribution in [2.24, 2.45) is 0 Å². The summed E-state index contributed by atoms with van der Waals surface area (Å²) in [6, 6.07) is 7.51. The Balaban J connectivity index is 2.75. The zero-order valence-corrected chi connectivity index (χ0v) is 17.3. The Morgan fingerprint density at radius 2 is 1.86 bits per heavy atom. The van der Waals surface area contributed by atoms with E-state index in [1.807, 2.05) is 44.4 Å². The largest absolute Gasteiger partial charge is 0.348 e. The van der Waals surface area contributed by atoms with Crippen LogP contribution in [0.25, 0.3) is 0 Å². The van der Waals surface area contributed by atoms with Crippen molar-refractivity contribution < 1.29 is 28.5 Å². The molecule has 1 radical (unpaired) electrons. The van der Waals surface area contributed by atoms with Crippen LogP contribution in [0, 0.1) is 11.8 Å². The first kappa shape index (κ1) is 24.5. The van der Waals surface area contributed by atoms with E-state index in [0.29, 0.717) is 25.2 Å². The number of rotatable bonds is 12. The van der Waals surface area contributed by atoms with Crippen molar-refractivity contribution >= 4 is 12.2 Å². The predicted octanol–water partition coefficient (Wildman–Crippen LogP) is 1.75. The van der Waals surface area contributed by atoms with Crippen LogP contribution in [0.1, 0.15) is 25.0 Å². The molecule has 7 heteroatoms. The first-order valence-electron chi connectivity index (χ1n) is 9.32. The second-order valence-electron chi connectivity index (χ2n) is 5.77. The van der Waals surface area contributed by atoms with Crippen LogP contribution in [0.4, 0.5) is 0 Å². The van der Waals surface area contributed by atoms with E-state index in [1.54, 1.807) is 6.08 Å². The third-order valence-corrected chi connectivity index (χ3v) is 3.69. The van der Waals surface area contributed by atoms with Crippen molar-refractivity contribution in [1.82, 2.24) is 5.32 Å². The highest BCUT2D eigenvalue weighted by Gasteiger charge is 2.15. The molecule has 1 rings (SSSR count). The quantitative estimate of drug-likeness (QED) is 0.326. The van der Waals surface area contributed by atoms with Gasteiger partial charge in [0.25, 0.3) is 5.91 Å². The maximum atomic E-state index is 11.8. The molecule has 0 saturated carbocycles. The highest BCUT2D eigenvalue weighted by Crippen LogP contribution is 2.09. The molecule has 7 nitrogen and oxygen atoms in total. The van der Waals surface area contributed by atoms with Gasteiger partial charge < -0.3 is 24.3 Å². The van der Waals surface area contributed by atoms with Gasteiger partial charge in [0.2, 0.25) is 18.9 Å². The molecule has 0 aliphatic rings. The van der Waals surface area contributed by atoms with E-state index < -0.39 is 18.5 Å². The molecule has 1 aromatic carbocycles. The van der Waals surface area contributed by atoms with Crippen LogP contribution in [0.3, 0.4) is 0 Å². The number of ether oxygens (including phenoxy) is 4. The van der Waals surface area contributed by atoms with E-state index in [1.165, 1.54) is 14.2 Å². The minimum Gasteiger partial charge on any atom is -0.348 e. The van der Waals surface area contributed by atoms with E-state index >= 15 is 0 Å². The summed E-state index contributed by atoms with van der Waals surface area (Å²) in [5, 5.41) is 2.61. The predicted molar refractivity (Wildman–Crippen MR) is 109 cm³/mol. The fourth-order valence-electron chi connectivity index (χ4n) is 2.37. The minimum absolute atomic E-state index is 0.163. The fraction of sp³-hybridized carbons (Fsp3) is 0.455. The van der Waals surface area contributed by atoms with E-state index in [4.69, 9.17) is 18.9 Å². The van der Waals surface area contributed by atoms with Crippen LogP contribution in [0.15, 0.2) is 35.9 Å². The molecular weight excluding hydrogens is 374 g/mol. The third-order valence-electron chi connectivity index (χ3n) is 3.69. The van der Waals surface area contributed by atoms with Crippen molar-refractivity contribution in [3.8, 4) is 11.8 Å². The van der Waals surface area contributed by atoms with Crippen LogP contribution in [-0.2, 0) is 35.0 Å². The Labute approximate surface area is 172 Å². The first-order valence-corrected chi connectivity index (χ1v) is 9.32. The summed E-state index contributed by atoms with van der Waals surface area (Å²) >= 11 is 0. The first-order chi connectivity index (χ1) is 14.1. The number of amides is 1. The number of benzene rings is 1. The molecule has 0 saturated heterocycles.